The van der Waals surface area contributed by atoms with Crippen molar-refractivity contribution in [3.63, 3.8) is 0 Å². The van der Waals surface area contributed by atoms with Gasteiger partial charge in [-0.05, 0) is 61.7 Å². The van der Waals surface area contributed by atoms with Gasteiger partial charge in [-0.25, -0.2) is 14.4 Å². The van der Waals surface area contributed by atoms with Gasteiger partial charge in [-0.1, -0.05) is 0 Å². The first-order valence-electron chi connectivity index (χ1n) is 8.77. The van der Waals surface area contributed by atoms with Crippen LogP contribution in [0.15, 0.2) is 48.8 Å². The van der Waals surface area contributed by atoms with Crippen molar-refractivity contribution < 1.29 is 9.18 Å². The zero-order valence-electron chi connectivity index (χ0n) is 14.3. The first-order valence-corrected chi connectivity index (χ1v) is 8.77. The Labute approximate surface area is 150 Å². The Morgan fingerprint density at radius 3 is 2.54 bits per heavy atom. The second-order valence-corrected chi connectivity index (χ2v) is 6.44. The van der Waals surface area contributed by atoms with E-state index in [2.05, 4.69) is 20.2 Å². The van der Waals surface area contributed by atoms with Crippen LogP contribution in [0.5, 0.6) is 0 Å². The van der Waals surface area contributed by atoms with E-state index in [1.807, 2.05) is 18.2 Å². The van der Waals surface area contributed by atoms with Gasteiger partial charge in [0.05, 0.1) is 5.52 Å². The van der Waals surface area contributed by atoms with Crippen LogP contribution >= 0.6 is 0 Å². The SMILES string of the molecule is O=C(Nc1ccc2ncnc(N3CCCCC3)c2c1)c1ccc(F)cc1. The largest absolute Gasteiger partial charge is 0.356 e. The molecular weight excluding hydrogens is 331 g/mol. The van der Waals surface area contributed by atoms with Gasteiger partial charge < -0.3 is 10.2 Å². The van der Waals surface area contributed by atoms with Crippen LogP contribution in [0.4, 0.5) is 15.9 Å². The number of hydrogen-bond donors (Lipinski definition) is 1. The molecular formula is C20H19FN4O. The molecule has 2 aromatic carbocycles. The molecule has 1 aromatic heterocycles. The van der Waals surface area contributed by atoms with Crippen molar-refractivity contribution in [2.75, 3.05) is 23.3 Å². The Balaban J connectivity index is 1.63. The Bertz CT molecular complexity index is 936. The second-order valence-electron chi connectivity index (χ2n) is 6.44. The normalized spacial score (nSPS) is 14.4. The number of fused-ring (bicyclic) bond motifs is 1. The van der Waals surface area contributed by atoms with E-state index < -0.39 is 0 Å². The third-order valence-corrected chi connectivity index (χ3v) is 4.63. The Morgan fingerprint density at radius 1 is 1.00 bits per heavy atom. The molecule has 0 saturated carbocycles. The minimum Gasteiger partial charge on any atom is -0.356 e. The van der Waals surface area contributed by atoms with E-state index in [0.29, 0.717) is 11.3 Å². The van der Waals surface area contributed by atoms with Gasteiger partial charge in [-0.15, -0.1) is 0 Å². The van der Waals surface area contributed by atoms with E-state index in [-0.39, 0.29) is 11.7 Å². The standard InChI is InChI=1S/C20H19FN4O/c21-15-6-4-14(5-7-15)20(26)24-16-8-9-18-17(12-16)19(23-13-22-18)25-10-2-1-3-11-25/h4-9,12-13H,1-3,10-11H2,(H,24,26). The second kappa shape index (κ2) is 7.07. The number of carbonyl (C=O) groups is 1. The fourth-order valence-electron chi connectivity index (χ4n) is 3.28. The number of anilines is 2. The highest BCUT2D eigenvalue weighted by Crippen LogP contribution is 2.28. The van der Waals surface area contributed by atoms with Crippen molar-refractivity contribution in [3.8, 4) is 0 Å². The molecule has 2 heterocycles. The molecule has 0 spiro atoms. The van der Waals surface area contributed by atoms with Gasteiger partial charge in [0.1, 0.15) is 18.0 Å². The maximum atomic E-state index is 13.0. The monoisotopic (exact) mass is 350 g/mol. The van der Waals surface area contributed by atoms with Gasteiger partial charge in [0.15, 0.2) is 0 Å². The zero-order valence-corrected chi connectivity index (χ0v) is 14.3. The lowest BCUT2D eigenvalue weighted by molar-refractivity contribution is 0.102. The van der Waals surface area contributed by atoms with Gasteiger partial charge in [0, 0.05) is 29.7 Å². The number of carbonyl (C=O) groups excluding carboxylic acids is 1. The fraction of sp³-hybridized carbons (Fsp3) is 0.250. The van der Waals surface area contributed by atoms with Crippen molar-refractivity contribution in [2.24, 2.45) is 0 Å². The summed E-state index contributed by atoms with van der Waals surface area (Å²) in [5, 5.41) is 3.79. The molecule has 1 saturated heterocycles. The summed E-state index contributed by atoms with van der Waals surface area (Å²) in [6, 6.07) is 11.1. The van der Waals surface area contributed by atoms with Crippen LogP contribution in [0.2, 0.25) is 0 Å². The Kier molecular flexibility index (Phi) is 4.48. The van der Waals surface area contributed by atoms with Crippen molar-refractivity contribution >= 4 is 28.3 Å². The summed E-state index contributed by atoms with van der Waals surface area (Å²) < 4.78 is 13.0. The Hall–Kier alpha value is -3.02. The molecule has 0 unspecified atom stereocenters. The number of nitrogens with zero attached hydrogens (tertiary/aromatic N) is 3. The lowest BCUT2D eigenvalue weighted by Gasteiger charge is -2.28. The third kappa shape index (κ3) is 3.35. The van der Waals surface area contributed by atoms with E-state index in [4.69, 9.17) is 0 Å². The van der Waals surface area contributed by atoms with Gasteiger partial charge in [-0.2, -0.15) is 0 Å². The van der Waals surface area contributed by atoms with Crippen LogP contribution < -0.4 is 10.2 Å². The molecule has 1 aliphatic rings. The smallest absolute Gasteiger partial charge is 0.255 e. The van der Waals surface area contributed by atoms with Crippen molar-refractivity contribution in [1.29, 1.82) is 0 Å². The summed E-state index contributed by atoms with van der Waals surface area (Å²) >= 11 is 0. The van der Waals surface area contributed by atoms with Crippen LogP contribution in [-0.2, 0) is 0 Å². The van der Waals surface area contributed by atoms with E-state index in [0.717, 1.165) is 42.7 Å². The number of aromatic nitrogens is 2. The average molecular weight is 350 g/mol. The summed E-state index contributed by atoms with van der Waals surface area (Å²) in [4.78, 5) is 23.5. The van der Waals surface area contributed by atoms with Gasteiger partial charge in [0.2, 0.25) is 0 Å². The van der Waals surface area contributed by atoms with E-state index in [9.17, 15) is 9.18 Å². The highest BCUT2D eigenvalue weighted by molar-refractivity contribution is 6.05. The van der Waals surface area contributed by atoms with Crippen LogP contribution in [0.25, 0.3) is 10.9 Å². The van der Waals surface area contributed by atoms with E-state index >= 15 is 0 Å². The summed E-state index contributed by atoms with van der Waals surface area (Å²) in [7, 11) is 0. The van der Waals surface area contributed by atoms with Crippen LogP contribution in [0, 0.1) is 5.82 Å². The molecule has 132 valence electrons. The molecule has 1 amide bonds. The topological polar surface area (TPSA) is 58.1 Å². The molecule has 5 nitrogen and oxygen atoms in total. The maximum absolute atomic E-state index is 13.0. The minimum atomic E-state index is -0.365. The molecule has 1 aliphatic heterocycles. The van der Waals surface area contributed by atoms with Gasteiger partial charge >= 0.3 is 0 Å². The van der Waals surface area contributed by atoms with Gasteiger partial charge in [-0.3, -0.25) is 4.79 Å². The number of amides is 1. The highest BCUT2D eigenvalue weighted by atomic mass is 19.1. The molecule has 0 bridgehead atoms. The molecule has 3 aromatic rings. The highest BCUT2D eigenvalue weighted by Gasteiger charge is 2.16. The van der Waals surface area contributed by atoms with Crippen LogP contribution in [0.1, 0.15) is 29.6 Å². The fourth-order valence-corrected chi connectivity index (χ4v) is 3.28. The number of halogens is 1. The molecule has 0 atom stereocenters. The molecule has 4 rings (SSSR count). The number of nitrogens with one attached hydrogen (secondary N) is 1. The minimum absolute atomic E-state index is 0.277. The zero-order chi connectivity index (χ0) is 17.9. The van der Waals surface area contributed by atoms with E-state index in [1.54, 1.807) is 6.33 Å². The van der Waals surface area contributed by atoms with Crippen molar-refractivity contribution in [2.45, 2.75) is 19.3 Å². The molecule has 0 aliphatic carbocycles. The summed E-state index contributed by atoms with van der Waals surface area (Å²) in [5.74, 6) is 0.267. The summed E-state index contributed by atoms with van der Waals surface area (Å²) in [5.41, 5.74) is 1.92. The number of hydrogen-bond acceptors (Lipinski definition) is 4. The molecule has 1 N–H and O–H groups in total. The quantitative estimate of drug-likeness (QED) is 0.775. The number of rotatable bonds is 3. The van der Waals surface area contributed by atoms with Crippen LogP contribution in [-0.4, -0.2) is 29.0 Å². The molecule has 0 radical (unpaired) electrons. The summed E-state index contributed by atoms with van der Waals surface area (Å²) in [6.45, 7) is 1.97. The molecule has 6 heteroatoms. The third-order valence-electron chi connectivity index (χ3n) is 4.63. The predicted octanol–water partition coefficient (Wildman–Crippen LogP) is 4.01. The maximum Gasteiger partial charge on any atom is 0.255 e. The van der Waals surface area contributed by atoms with Crippen molar-refractivity contribution in [3.05, 3.63) is 60.2 Å². The lowest BCUT2D eigenvalue weighted by Crippen LogP contribution is -2.30. The van der Waals surface area contributed by atoms with Crippen molar-refractivity contribution in [1.82, 2.24) is 9.97 Å². The Morgan fingerprint density at radius 2 is 1.77 bits per heavy atom. The molecule has 26 heavy (non-hydrogen) atoms. The predicted molar refractivity (Wildman–Crippen MR) is 100.0 cm³/mol. The van der Waals surface area contributed by atoms with E-state index in [1.165, 1.54) is 30.7 Å². The first kappa shape index (κ1) is 16.4. The average Bonchev–Trinajstić information content (AvgIpc) is 2.68. The number of piperidine rings is 1. The molecule has 1 fully saturated rings. The first-order chi connectivity index (χ1) is 12.7. The summed E-state index contributed by atoms with van der Waals surface area (Å²) in [6.07, 6.45) is 5.15. The van der Waals surface area contributed by atoms with Crippen LogP contribution in [0.3, 0.4) is 0 Å². The van der Waals surface area contributed by atoms with Gasteiger partial charge in [0.25, 0.3) is 5.91 Å². The lowest BCUT2D eigenvalue weighted by atomic mass is 10.1. The number of benzene rings is 2.